The number of rotatable bonds is 3. The Labute approximate surface area is 92.1 Å². The van der Waals surface area contributed by atoms with Gasteiger partial charge in [0.1, 0.15) is 0 Å². The Bertz CT molecular complexity index is 269. The summed E-state index contributed by atoms with van der Waals surface area (Å²) in [5.41, 5.74) is 0. The summed E-state index contributed by atoms with van der Waals surface area (Å²) in [5, 5.41) is 8.60. The fourth-order valence-corrected chi connectivity index (χ4v) is 2.26. The molecule has 3 atom stereocenters. The molecule has 1 rings (SSSR count). The molecule has 84 valence electrons. The van der Waals surface area contributed by atoms with Crippen LogP contribution in [0.2, 0.25) is 0 Å². The first kappa shape index (κ1) is 12.0. The number of carbonyl (C=O) groups excluding carboxylic acids is 1. The Balaban J connectivity index is 2.56. The molecule has 3 nitrogen and oxygen atoms in total. The Morgan fingerprint density at radius 2 is 2.27 bits per heavy atom. The molecule has 0 heterocycles. The normalized spacial score (nSPS) is 27.1. The molecular weight excluding hydrogens is 188 g/mol. The number of nitriles is 1. The van der Waals surface area contributed by atoms with Gasteiger partial charge in [-0.3, -0.25) is 4.79 Å². The minimum atomic E-state index is 0.0373. The summed E-state index contributed by atoms with van der Waals surface area (Å²) in [5.74, 6) is 0.924. The first-order chi connectivity index (χ1) is 7.07. The van der Waals surface area contributed by atoms with E-state index in [9.17, 15) is 4.79 Å². The smallest absolute Gasteiger partial charge is 0.225 e. The maximum atomic E-state index is 12.1. The van der Waals surface area contributed by atoms with Gasteiger partial charge in [-0.2, -0.15) is 5.26 Å². The SMILES string of the molecule is CC1CCCC1C(=O)N(C)C(C)CC#N. The molecule has 1 aliphatic carbocycles. The molecule has 0 radical (unpaired) electrons. The first-order valence-corrected chi connectivity index (χ1v) is 5.71. The standard InChI is InChI=1S/C12H20N2O/c1-9-5-4-6-11(9)12(15)14(3)10(2)7-8-13/h9-11H,4-7H2,1-3H3. The zero-order chi connectivity index (χ0) is 11.4. The molecule has 0 N–H and O–H groups in total. The fraction of sp³-hybridized carbons (Fsp3) is 0.833. The molecule has 15 heavy (non-hydrogen) atoms. The molecule has 1 amide bonds. The van der Waals surface area contributed by atoms with E-state index in [0.29, 0.717) is 12.3 Å². The number of hydrogen-bond acceptors (Lipinski definition) is 2. The Morgan fingerprint density at radius 1 is 1.60 bits per heavy atom. The number of amides is 1. The van der Waals surface area contributed by atoms with E-state index >= 15 is 0 Å². The van der Waals surface area contributed by atoms with Crippen LogP contribution in [0, 0.1) is 23.2 Å². The van der Waals surface area contributed by atoms with Crippen LogP contribution in [0.25, 0.3) is 0 Å². The van der Waals surface area contributed by atoms with Crippen molar-refractivity contribution in [2.24, 2.45) is 11.8 Å². The Hall–Kier alpha value is -1.04. The Kier molecular flexibility index (Phi) is 4.14. The second kappa shape index (κ2) is 5.16. The zero-order valence-corrected chi connectivity index (χ0v) is 9.86. The van der Waals surface area contributed by atoms with Crippen LogP contribution in [-0.2, 0) is 4.79 Å². The number of nitrogens with zero attached hydrogens (tertiary/aromatic N) is 2. The second-order valence-corrected chi connectivity index (χ2v) is 4.68. The van der Waals surface area contributed by atoms with E-state index in [1.165, 1.54) is 0 Å². The highest BCUT2D eigenvalue weighted by molar-refractivity contribution is 5.79. The molecule has 0 aromatic rings. The van der Waals surface area contributed by atoms with Gasteiger partial charge >= 0.3 is 0 Å². The van der Waals surface area contributed by atoms with Crippen molar-refractivity contribution in [3.63, 3.8) is 0 Å². The summed E-state index contributed by atoms with van der Waals surface area (Å²) in [6.07, 6.45) is 3.77. The van der Waals surface area contributed by atoms with E-state index in [2.05, 4.69) is 13.0 Å². The van der Waals surface area contributed by atoms with Gasteiger partial charge in [0.25, 0.3) is 0 Å². The molecule has 0 aromatic heterocycles. The van der Waals surface area contributed by atoms with Crippen LogP contribution in [0.5, 0.6) is 0 Å². The third-order valence-corrected chi connectivity index (χ3v) is 3.57. The summed E-state index contributed by atoms with van der Waals surface area (Å²) in [7, 11) is 1.81. The van der Waals surface area contributed by atoms with Crippen LogP contribution in [0.3, 0.4) is 0 Å². The van der Waals surface area contributed by atoms with Crippen molar-refractivity contribution < 1.29 is 4.79 Å². The summed E-state index contributed by atoms with van der Waals surface area (Å²) in [4.78, 5) is 13.8. The average molecular weight is 208 g/mol. The molecule has 0 spiro atoms. The van der Waals surface area contributed by atoms with Gasteiger partial charge in [0.15, 0.2) is 0 Å². The van der Waals surface area contributed by atoms with Gasteiger partial charge in [0.2, 0.25) is 5.91 Å². The van der Waals surface area contributed by atoms with Crippen LogP contribution in [0.4, 0.5) is 0 Å². The van der Waals surface area contributed by atoms with E-state index in [1.807, 2.05) is 14.0 Å². The van der Waals surface area contributed by atoms with Gasteiger partial charge in [0, 0.05) is 19.0 Å². The molecule has 0 saturated heterocycles. The lowest BCUT2D eigenvalue weighted by Crippen LogP contribution is -2.39. The maximum Gasteiger partial charge on any atom is 0.225 e. The lowest BCUT2D eigenvalue weighted by molar-refractivity contribution is -0.136. The predicted molar refractivity (Wildman–Crippen MR) is 59.0 cm³/mol. The first-order valence-electron chi connectivity index (χ1n) is 5.71. The van der Waals surface area contributed by atoms with E-state index in [-0.39, 0.29) is 17.9 Å². The summed E-state index contributed by atoms with van der Waals surface area (Å²) in [6.45, 7) is 4.08. The van der Waals surface area contributed by atoms with Crippen molar-refractivity contribution in [2.75, 3.05) is 7.05 Å². The second-order valence-electron chi connectivity index (χ2n) is 4.68. The zero-order valence-electron chi connectivity index (χ0n) is 9.86. The summed E-state index contributed by atoms with van der Waals surface area (Å²) < 4.78 is 0. The third-order valence-electron chi connectivity index (χ3n) is 3.57. The van der Waals surface area contributed by atoms with Crippen molar-refractivity contribution in [1.29, 1.82) is 5.26 Å². The fourth-order valence-electron chi connectivity index (χ4n) is 2.26. The molecule has 0 aliphatic heterocycles. The van der Waals surface area contributed by atoms with E-state index < -0.39 is 0 Å². The topological polar surface area (TPSA) is 44.1 Å². The van der Waals surface area contributed by atoms with E-state index in [4.69, 9.17) is 5.26 Å². The van der Waals surface area contributed by atoms with Gasteiger partial charge in [-0.25, -0.2) is 0 Å². The van der Waals surface area contributed by atoms with E-state index in [1.54, 1.807) is 4.90 Å². The van der Waals surface area contributed by atoms with Crippen molar-refractivity contribution in [1.82, 2.24) is 4.90 Å². The van der Waals surface area contributed by atoms with E-state index in [0.717, 1.165) is 19.3 Å². The highest BCUT2D eigenvalue weighted by Gasteiger charge is 2.32. The summed E-state index contributed by atoms with van der Waals surface area (Å²) in [6, 6.07) is 2.15. The number of hydrogen-bond donors (Lipinski definition) is 0. The Morgan fingerprint density at radius 3 is 2.73 bits per heavy atom. The molecule has 1 aliphatic rings. The predicted octanol–water partition coefficient (Wildman–Crippen LogP) is 2.18. The van der Waals surface area contributed by atoms with Crippen LogP contribution >= 0.6 is 0 Å². The van der Waals surface area contributed by atoms with Crippen LogP contribution in [0.15, 0.2) is 0 Å². The lowest BCUT2D eigenvalue weighted by atomic mass is 9.96. The maximum absolute atomic E-state index is 12.1. The molecule has 0 aromatic carbocycles. The van der Waals surface area contributed by atoms with Crippen LogP contribution in [-0.4, -0.2) is 23.9 Å². The largest absolute Gasteiger partial charge is 0.342 e. The van der Waals surface area contributed by atoms with Crippen LogP contribution < -0.4 is 0 Å². The minimum absolute atomic E-state index is 0.0373. The molecule has 3 heteroatoms. The third kappa shape index (κ3) is 2.71. The van der Waals surface area contributed by atoms with Crippen molar-refractivity contribution in [3.05, 3.63) is 0 Å². The van der Waals surface area contributed by atoms with Gasteiger partial charge < -0.3 is 4.90 Å². The van der Waals surface area contributed by atoms with Crippen molar-refractivity contribution in [2.45, 2.75) is 45.6 Å². The molecule has 0 bridgehead atoms. The quantitative estimate of drug-likeness (QED) is 0.713. The molecule has 1 fully saturated rings. The van der Waals surface area contributed by atoms with Gasteiger partial charge in [-0.15, -0.1) is 0 Å². The molecular formula is C12H20N2O. The summed E-state index contributed by atoms with van der Waals surface area (Å²) >= 11 is 0. The van der Waals surface area contributed by atoms with Crippen molar-refractivity contribution >= 4 is 5.91 Å². The van der Waals surface area contributed by atoms with Gasteiger partial charge in [-0.05, 0) is 25.7 Å². The average Bonchev–Trinajstić information content (AvgIpc) is 2.62. The minimum Gasteiger partial charge on any atom is -0.342 e. The monoisotopic (exact) mass is 208 g/mol. The van der Waals surface area contributed by atoms with Crippen molar-refractivity contribution in [3.8, 4) is 6.07 Å². The highest BCUT2D eigenvalue weighted by atomic mass is 16.2. The van der Waals surface area contributed by atoms with Crippen LogP contribution in [0.1, 0.15) is 39.5 Å². The number of carbonyl (C=O) groups is 1. The lowest BCUT2D eigenvalue weighted by Gasteiger charge is -2.27. The molecule has 3 unspecified atom stereocenters. The molecule has 1 saturated carbocycles. The van der Waals surface area contributed by atoms with Gasteiger partial charge in [0.05, 0.1) is 12.5 Å². The van der Waals surface area contributed by atoms with Gasteiger partial charge in [-0.1, -0.05) is 13.3 Å². The highest BCUT2D eigenvalue weighted by Crippen LogP contribution is 2.32.